The van der Waals surface area contributed by atoms with Crippen LogP contribution in [-0.2, 0) is 14.3 Å². The van der Waals surface area contributed by atoms with E-state index in [2.05, 4.69) is 5.32 Å². The lowest BCUT2D eigenvalue weighted by Gasteiger charge is -2.14. The minimum Gasteiger partial charge on any atom is -0.478 e. The number of carboxylic acids is 1. The van der Waals surface area contributed by atoms with Gasteiger partial charge in [-0.25, -0.2) is 4.79 Å². The van der Waals surface area contributed by atoms with Crippen LogP contribution in [0.5, 0.6) is 0 Å². The average molecular weight is 299 g/mol. The number of carboxylic acid groups (broad SMARTS) is 1. The molecule has 0 saturated heterocycles. The Hall–Kier alpha value is -1.70. The van der Waals surface area contributed by atoms with Crippen LogP contribution in [0.25, 0.3) is 6.08 Å². The molecule has 0 fully saturated rings. The summed E-state index contributed by atoms with van der Waals surface area (Å²) in [5, 5.41) is 13.1. The van der Waals surface area contributed by atoms with E-state index in [1.54, 1.807) is 25.7 Å². The molecule has 0 aliphatic carbocycles. The summed E-state index contributed by atoms with van der Waals surface area (Å²) in [4.78, 5) is 23.0. The predicted octanol–water partition coefficient (Wildman–Crippen LogP) is 1.24. The van der Waals surface area contributed by atoms with Crippen molar-refractivity contribution in [2.75, 3.05) is 27.4 Å². The average Bonchev–Trinajstić information content (AvgIpc) is 2.89. The molecule has 0 aromatic carbocycles. The van der Waals surface area contributed by atoms with Gasteiger partial charge in [-0.15, -0.1) is 11.3 Å². The minimum absolute atomic E-state index is 0.220. The number of carbonyl (C=O) groups excluding carboxylic acids is 1. The third-order valence-corrected chi connectivity index (χ3v) is 3.41. The third kappa shape index (κ3) is 5.12. The van der Waals surface area contributed by atoms with Gasteiger partial charge in [0.25, 0.3) is 5.91 Å². The summed E-state index contributed by atoms with van der Waals surface area (Å²) in [6.07, 6.45) is 2.18. The van der Waals surface area contributed by atoms with Crippen LogP contribution in [0.15, 0.2) is 17.5 Å². The zero-order valence-corrected chi connectivity index (χ0v) is 12.1. The van der Waals surface area contributed by atoms with Crippen molar-refractivity contribution < 1.29 is 24.2 Å². The molecule has 1 aromatic heterocycles. The van der Waals surface area contributed by atoms with Crippen molar-refractivity contribution >= 4 is 29.3 Å². The largest absolute Gasteiger partial charge is 0.478 e. The zero-order chi connectivity index (χ0) is 15.0. The van der Waals surface area contributed by atoms with Crippen molar-refractivity contribution in [3.63, 3.8) is 0 Å². The van der Waals surface area contributed by atoms with Crippen molar-refractivity contribution in [2.45, 2.75) is 6.10 Å². The van der Waals surface area contributed by atoms with Crippen LogP contribution in [0.1, 0.15) is 15.2 Å². The SMILES string of the molecule is COCC(CNC(=O)c1sccc1/C=C/C(=O)O)OC. The van der Waals surface area contributed by atoms with E-state index in [1.165, 1.54) is 17.4 Å². The Morgan fingerprint density at radius 3 is 2.85 bits per heavy atom. The Kier molecular flexibility index (Phi) is 6.92. The molecule has 7 heteroatoms. The lowest BCUT2D eigenvalue weighted by Crippen LogP contribution is -2.35. The number of hydrogen-bond donors (Lipinski definition) is 2. The molecule has 0 bridgehead atoms. The zero-order valence-electron chi connectivity index (χ0n) is 11.3. The van der Waals surface area contributed by atoms with Gasteiger partial charge in [0.2, 0.25) is 0 Å². The minimum atomic E-state index is -1.05. The molecule has 1 heterocycles. The number of rotatable bonds is 8. The lowest BCUT2D eigenvalue weighted by molar-refractivity contribution is -0.131. The van der Waals surface area contributed by atoms with E-state index in [1.807, 2.05) is 0 Å². The molecule has 1 atom stereocenters. The van der Waals surface area contributed by atoms with Gasteiger partial charge >= 0.3 is 5.97 Å². The van der Waals surface area contributed by atoms with Gasteiger partial charge in [-0.2, -0.15) is 0 Å². The van der Waals surface area contributed by atoms with E-state index >= 15 is 0 Å². The van der Waals surface area contributed by atoms with Crippen molar-refractivity contribution in [3.8, 4) is 0 Å². The van der Waals surface area contributed by atoms with Crippen LogP contribution < -0.4 is 5.32 Å². The van der Waals surface area contributed by atoms with Gasteiger partial charge in [0.05, 0.1) is 17.6 Å². The Bertz CT molecular complexity index is 483. The lowest BCUT2D eigenvalue weighted by atomic mass is 10.2. The Labute approximate surface area is 121 Å². The molecule has 1 aromatic rings. The van der Waals surface area contributed by atoms with Crippen LogP contribution in [0, 0.1) is 0 Å². The van der Waals surface area contributed by atoms with Gasteiger partial charge in [0, 0.05) is 26.8 Å². The standard InChI is InChI=1S/C13H17NO5S/c1-18-8-10(19-2)7-14-13(17)12-9(5-6-20-12)3-4-11(15)16/h3-6,10H,7-8H2,1-2H3,(H,14,17)(H,15,16)/b4-3+. The summed E-state index contributed by atoms with van der Waals surface area (Å²) in [6.45, 7) is 0.705. The first-order valence-corrected chi connectivity index (χ1v) is 6.74. The molecule has 0 aliphatic rings. The molecule has 1 unspecified atom stereocenters. The van der Waals surface area contributed by atoms with Crippen molar-refractivity contribution in [1.82, 2.24) is 5.32 Å². The molecule has 0 aliphatic heterocycles. The van der Waals surface area contributed by atoms with E-state index in [-0.39, 0.29) is 12.0 Å². The fourth-order valence-electron chi connectivity index (χ4n) is 1.48. The molecule has 110 valence electrons. The van der Waals surface area contributed by atoms with E-state index in [0.717, 1.165) is 6.08 Å². The maximum absolute atomic E-state index is 12.0. The summed E-state index contributed by atoms with van der Waals surface area (Å²) in [6, 6.07) is 1.70. The number of aliphatic carboxylic acids is 1. The second-order valence-electron chi connectivity index (χ2n) is 3.90. The summed E-state index contributed by atoms with van der Waals surface area (Å²) in [7, 11) is 3.10. The van der Waals surface area contributed by atoms with Crippen molar-refractivity contribution in [3.05, 3.63) is 28.0 Å². The first kappa shape index (κ1) is 16.4. The van der Waals surface area contributed by atoms with Crippen LogP contribution >= 0.6 is 11.3 Å². The highest BCUT2D eigenvalue weighted by Gasteiger charge is 2.14. The van der Waals surface area contributed by atoms with Gasteiger partial charge in [-0.05, 0) is 23.1 Å². The first-order chi connectivity index (χ1) is 9.58. The van der Waals surface area contributed by atoms with Gasteiger partial charge < -0.3 is 19.9 Å². The molecule has 1 rings (SSSR count). The van der Waals surface area contributed by atoms with E-state index < -0.39 is 5.97 Å². The Balaban J connectivity index is 2.64. The molecule has 1 amide bonds. The number of thiophene rings is 1. The summed E-state index contributed by atoms with van der Waals surface area (Å²) >= 11 is 1.25. The highest BCUT2D eigenvalue weighted by Crippen LogP contribution is 2.18. The number of nitrogens with one attached hydrogen (secondary N) is 1. The van der Waals surface area contributed by atoms with Gasteiger partial charge in [-0.1, -0.05) is 0 Å². The predicted molar refractivity (Wildman–Crippen MR) is 76.0 cm³/mol. The molecule has 6 nitrogen and oxygen atoms in total. The fourth-order valence-corrected chi connectivity index (χ4v) is 2.28. The van der Waals surface area contributed by atoms with E-state index in [9.17, 15) is 9.59 Å². The quantitative estimate of drug-likeness (QED) is 0.705. The summed E-state index contributed by atoms with van der Waals surface area (Å²) < 4.78 is 10.1. The van der Waals surface area contributed by atoms with Gasteiger partial charge in [-0.3, -0.25) is 4.79 Å². The Morgan fingerprint density at radius 1 is 1.50 bits per heavy atom. The maximum atomic E-state index is 12.0. The number of carbonyl (C=O) groups is 2. The molecule has 20 heavy (non-hydrogen) atoms. The number of amides is 1. The molecule has 0 spiro atoms. The number of hydrogen-bond acceptors (Lipinski definition) is 5. The topological polar surface area (TPSA) is 84.9 Å². The molecule has 2 N–H and O–H groups in total. The number of ether oxygens (including phenoxy) is 2. The maximum Gasteiger partial charge on any atom is 0.328 e. The number of methoxy groups -OCH3 is 2. The second-order valence-corrected chi connectivity index (χ2v) is 4.82. The van der Waals surface area contributed by atoms with Crippen molar-refractivity contribution in [2.24, 2.45) is 0 Å². The highest BCUT2D eigenvalue weighted by atomic mass is 32.1. The summed E-state index contributed by atoms with van der Waals surface area (Å²) in [5.74, 6) is -1.31. The summed E-state index contributed by atoms with van der Waals surface area (Å²) in [5.41, 5.74) is 0.579. The third-order valence-electron chi connectivity index (χ3n) is 2.48. The van der Waals surface area contributed by atoms with Crippen LogP contribution in [0.2, 0.25) is 0 Å². The van der Waals surface area contributed by atoms with Crippen molar-refractivity contribution in [1.29, 1.82) is 0 Å². The first-order valence-electron chi connectivity index (χ1n) is 5.87. The molecular formula is C13H17NO5S. The highest BCUT2D eigenvalue weighted by molar-refractivity contribution is 7.12. The molecular weight excluding hydrogens is 282 g/mol. The van der Waals surface area contributed by atoms with E-state index in [0.29, 0.717) is 23.6 Å². The van der Waals surface area contributed by atoms with Crippen LogP contribution in [0.3, 0.4) is 0 Å². The van der Waals surface area contributed by atoms with E-state index in [4.69, 9.17) is 14.6 Å². The molecule has 0 radical (unpaired) electrons. The molecule has 0 saturated carbocycles. The van der Waals surface area contributed by atoms with Gasteiger partial charge in [0.1, 0.15) is 0 Å². The Morgan fingerprint density at radius 2 is 2.25 bits per heavy atom. The normalized spacial score (nSPS) is 12.5. The second kappa shape index (κ2) is 8.47. The smallest absolute Gasteiger partial charge is 0.328 e. The van der Waals surface area contributed by atoms with Crippen LogP contribution in [-0.4, -0.2) is 50.5 Å². The van der Waals surface area contributed by atoms with Crippen LogP contribution in [0.4, 0.5) is 0 Å². The van der Waals surface area contributed by atoms with Gasteiger partial charge in [0.15, 0.2) is 0 Å². The fraction of sp³-hybridized carbons (Fsp3) is 0.385. The monoisotopic (exact) mass is 299 g/mol.